The van der Waals surface area contributed by atoms with Gasteiger partial charge in [-0.3, -0.25) is 0 Å². The van der Waals surface area contributed by atoms with Gasteiger partial charge in [-0.05, 0) is 61.9 Å². The molecule has 1 nitrogen and oxygen atoms in total. The van der Waals surface area contributed by atoms with Gasteiger partial charge in [0.25, 0.3) is 0 Å². The Bertz CT molecular complexity index is 342. The second-order valence-electron chi connectivity index (χ2n) is 6.12. The molecule has 1 N–H and O–H groups in total. The lowest BCUT2D eigenvalue weighted by Crippen LogP contribution is -2.30. The number of hydrogen-bond donors (Lipinski definition) is 1. The predicted molar refractivity (Wildman–Crippen MR) is 79.1 cm³/mol. The molecule has 0 amide bonds. The van der Waals surface area contributed by atoms with Crippen LogP contribution < -0.4 is 5.32 Å². The first-order valence-corrected chi connectivity index (χ1v) is 8.55. The van der Waals surface area contributed by atoms with Crippen molar-refractivity contribution >= 4 is 11.3 Å². The van der Waals surface area contributed by atoms with E-state index in [0.717, 1.165) is 17.9 Å². The monoisotopic (exact) mass is 263 g/mol. The third-order valence-electron chi connectivity index (χ3n) is 4.61. The van der Waals surface area contributed by atoms with E-state index in [1.807, 2.05) is 11.3 Å². The second kappa shape index (κ2) is 6.21. The third kappa shape index (κ3) is 3.58. The molecule has 1 aromatic heterocycles. The quantitative estimate of drug-likeness (QED) is 0.784. The Kier molecular flexibility index (Phi) is 4.37. The molecule has 2 saturated carbocycles. The molecule has 0 bridgehead atoms. The molecule has 2 aliphatic carbocycles. The molecule has 2 fully saturated rings. The van der Waals surface area contributed by atoms with E-state index in [0.29, 0.717) is 0 Å². The molecule has 0 aromatic carbocycles. The van der Waals surface area contributed by atoms with Crippen LogP contribution in [0.5, 0.6) is 0 Å². The molecule has 2 heteroatoms. The SMILES string of the molecule is c1csc(CC2CCCCCC2CNC2CC2)c1. The van der Waals surface area contributed by atoms with E-state index >= 15 is 0 Å². The van der Waals surface area contributed by atoms with Gasteiger partial charge in [0.05, 0.1) is 0 Å². The summed E-state index contributed by atoms with van der Waals surface area (Å²) >= 11 is 1.94. The smallest absolute Gasteiger partial charge is 0.00683 e. The topological polar surface area (TPSA) is 12.0 Å². The van der Waals surface area contributed by atoms with Gasteiger partial charge in [-0.25, -0.2) is 0 Å². The summed E-state index contributed by atoms with van der Waals surface area (Å²) in [6.07, 6.45) is 11.4. The second-order valence-corrected chi connectivity index (χ2v) is 7.16. The molecule has 2 atom stereocenters. The minimum atomic E-state index is 0.871. The van der Waals surface area contributed by atoms with Gasteiger partial charge in [-0.1, -0.05) is 25.3 Å². The Balaban J connectivity index is 1.58. The van der Waals surface area contributed by atoms with E-state index in [1.165, 1.54) is 57.9 Å². The molecule has 0 spiro atoms. The van der Waals surface area contributed by atoms with Crippen LogP contribution in [0.1, 0.15) is 49.8 Å². The summed E-state index contributed by atoms with van der Waals surface area (Å²) in [6, 6.07) is 5.39. The Morgan fingerprint density at radius 2 is 1.89 bits per heavy atom. The van der Waals surface area contributed by atoms with Crippen molar-refractivity contribution in [3.8, 4) is 0 Å². The van der Waals surface area contributed by atoms with E-state index in [4.69, 9.17) is 0 Å². The lowest BCUT2D eigenvalue weighted by molar-refractivity contribution is 0.298. The summed E-state index contributed by atoms with van der Waals surface area (Å²) in [5, 5.41) is 5.99. The van der Waals surface area contributed by atoms with Gasteiger partial charge in [-0.15, -0.1) is 11.3 Å². The van der Waals surface area contributed by atoms with Gasteiger partial charge in [0.2, 0.25) is 0 Å². The molecule has 1 aromatic rings. The fourth-order valence-corrected chi connectivity index (χ4v) is 4.09. The summed E-state index contributed by atoms with van der Waals surface area (Å²) in [7, 11) is 0. The molecule has 0 saturated heterocycles. The van der Waals surface area contributed by atoms with Gasteiger partial charge >= 0.3 is 0 Å². The molecular weight excluding hydrogens is 238 g/mol. The van der Waals surface area contributed by atoms with Crippen molar-refractivity contribution in [3.63, 3.8) is 0 Å². The Morgan fingerprint density at radius 3 is 2.61 bits per heavy atom. The van der Waals surface area contributed by atoms with E-state index in [-0.39, 0.29) is 0 Å². The average Bonchev–Trinajstić information content (AvgIpc) is 3.11. The standard InChI is InChI=1S/C16H25NS/c1-2-5-13(11-16-7-4-10-18-16)14(6-3-1)12-17-15-8-9-15/h4,7,10,13-15,17H,1-3,5-6,8-9,11-12H2. The molecule has 0 aliphatic heterocycles. The van der Waals surface area contributed by atoms with Gasteiger partial charge < -0.3 is 5.32 Å². The fourth-order valence-electron chi connectivity index (χ4n) is 3.29. The van der Waals surface area contributed by atoms with Crippen LogP contribution in [0, 0.1) is 11.8 Å². The molecule has 0 radical (unpaired) electrons. The summed E-state index contributed by atoms with van der Waals surface area (Å²) < 4.78 is 0. The molecule has 1 heterocycles. The van der Waals surface area contributed by atoms with Crippen LogP contribution in [-0.4, -0.2) is 12.6 Å². The van der Waals surface area contributed by atoms with Crippen molar-refractivity contribution in [1.29, 1.82) is 0 Å². The largest absolute Gasteiger partial charge is 0.314 e. The molecule has 100 valence electrons. The Morgan fingerprint density at radius 1 is 1.06 bits per heavy atom. The fraction of sp³-hybridized carbons (Fsp3) is 0.750. The van der Waals surface area contributed by atoms with Crippen LogP contribution in [0.15, 0.2) is 17.5 Å². The lowest BCUT2D eigenvalue weighted by Gasteiger charge is -2.25. The zero-order valence-electron chi connectivity index (χ0n) is 11.2. The van der Waals surface area contributed by atoms with Crippen molar-refractivity contribution in [3.05, 3.63) is 22.4 Å². The molecule has 3 rings (SSSR count). The minimum absolute atomic E-state index is 0.871. The number of hydrogen-bond acceptors (Lipinski definition) is 2. The highest BCUT2D eigenvalue weighted by molar-refractivity contribution is 7.09. The van der Waals surface area contributed by atoms with E-state index < -0.39 is 0 Å². The van der Waals surface area contributed by atoms with Crippen molar-refractivity contribution in [2.24, 2.45) is 11.8 Å². The summed E-state index contributed by atoms with van der Waals surface area (Å²) in [4.78, 5) is 1.60. The Hall–Kier alpha value is -0.340. The van der Waals surface area contributed by atoms with Gasteiger partial charge in [0, 0.05) is 10.9 Å². The maximum atomic E-state index is 3.77. The summed E-state index contributed by atoms with van der Waals surface area (Å²) in [5.41, 5.74) is 0. The maximum absolute atomic E-state index is 3.77. The molecule has 18 heavy (non-hydrogen) atoms. The summed E-state index contributed by atoms with van der Waals surface area (Å²) in [6.45, 7) is 1.28. The van der Waals surface area contributed by atoms with E-state index in [1.54, 1.807) is 4.88 Å². The zero-order chi connectivity index (χ0) is 12.2. The van der Waals surface area contributed by atoms with Crippen molar-refractivity contribution in [1.82, 2.24) is 5.32 Å². The van der Waals surface area contributed by atoms with Crippen LogP contribution in [0.25, 0.3) is 0 Å². The first-order valence-electron chi connectivity index (χ1n) is 7.67. The first-order chi connectivity index (χ1) is 8.92. The van der Waals surface area contributed by atoms with Gasteiger partial charge in [0.1, 0.15) is 0 Å². The minimum Gasteiger partial charge on any atom is -0.314 e. The van der Waals surface area contributed by atoms with Crippen molar-refractivity contribution in [2.75, 3.05) is 6.54 Å². The number of thiophene rings is 1. The van der Waals surface area contributed by atoms with Crippen LogP contribution in [-0.2, 0) is 6.42 Å². The maximum Gasteiger partial charge on any atom is 0.00683 e. The normalized spacial score (nSPS) is 29.1. The number of rotatable bonds is 5. The third-order valence-corrected chi connectivity index (χ3v) is 5.50. The van der Waals surface area contributed by atoms with Crippen LogP contribution in [0.4, 0.5) is 0 Å². The highest BCUT2D eigenvalue weighted by Gasteiger charge is 2.27. The highest BCUT2D eigenvalue weighted by atomic mass is 32.1. The van der Waals surface area contributed by atoms with Crippen molar-refractivity contribution < 1.29 is 0 Å². The van der Waals surface area contributed by atoms with Gasteiger partial charge in [0.15, 0.2) is 0 Å². The van der Waals surface area contributed by atoms with E-state index in [2.05, 4.69) is 22.8 Å². The van der Waals surface area contributed by atoms with Gasteiger partial charge in [-0.2, -0.15) is 0 Å². The molecular formula is C16H25NS. The van der Waals surface area contributed by atoms with Crippen LogP contribution in [0.3, 0.4) is 0 Å². The summed E-state index contributed by atoms with van der Waals surface area (Å²) in [5.74, 6) is 1.85. The van der Waals surface area contributed by atoms with E-state index in [9.17, 15) is 0 Å². The molecule has 2 aliphatic rings. The average molecular weight is 263 g/mol. The molecule has 2 unspecified atom stereocenters. The first kappa shape index (κ1) is 12.7. The Labute approximate surface area is 115 Å². The van der Waals surface area contributed by atoms with Crippen LogP contribution >= 0.6 is 11.3 Å². The number of nitrogens with one attached hydrogen (secondary N) is 1. The van der Waals surface area contributed by atoms with Crippen LogP contribution in [0.2, 0.25) is 0 Å². The predicted octanol–water partition coefficient (Wildman–Crippen LogP) is 4.24. The zero-order valence-corrected chi connectivity index (χ0v) is 12.1. The lowest BCUT2D eigenvalue weighted by atomic mass is 9.85. The highest BCUT2D eigenvalue weighted by Crippen LogP contribution is 2.32. The van der Waals surface area contributed by atoms with Crippen molar-refractivity contribution in [2.45, 2.75) is 57.4 Å².